The first kappa shape index (κ1) is 15.2. The molecule has 2 fully saturated rings. The summed E-state index contributed by atoms with van der Waals surface area (Å²) in [5.74, 6) is 0.864. The van der Waals surface area contributed by atoms with Crippen LogP contribution in [0.25, 0.3) is 0 Å². The van der Waals surface area contributed by atoms with Crippen molar-refractivity contribution in [2.75, 3.05) is 6.61 Å². The van der Waals surface area contributed by atoms with Gasteiger partial charge in [-0.25, -0.2) is 4.39 Å². The Hall–Kier alpha value is -2.37. The number of aromatic nitrogens is 2. The van der Waals surface area contributed by atoms with Gasteiger partial charge < -0.3 is 9.64 Å². The fourth-order valence-corrected chi connectivity index (χ4v) is 4.02. The molecule has 1 saturated carbocycles. The number of benzene rings is 1. The number of likely N-dealkylation sites (tertiary alicyclic amines) is 1. The molecule has 2 unspecified atom stereocenters. The van der Waals surface area contributed by atoms with Crippen LogP contribution in [0.1, 0.15) is 29.6 Å². The molecule has 2 heterocycles. The molecular weight excluding hydrogens is 309 g/mol. The van der Waals surface area contributed by atoms with E-state index < -0.39 is 0 Å². The van der Waals surface area contributed by atoms with Crippen LogP contribution in [0.4, 0.5) is 4.39 Å². The second kappa shape index (κ2) is 5.92. The summed E-state index contributed by atoms with van der Waals surface area (Å²) in [4.78, 5) is 14.9. The topological polar surface area (TPSA) is 47.4 Å². The number of carbonyl (C=O) groups excluding carboxylic acids is 1. The van der Waals surface area contributed by atoms with Crippen molar-refractivity contribution in [2.45, 2.75) is 31.3 Å². The molecule has 1 aliphatic heterocycles. The van der Waals surface area contributed by atoms with Crippen LogP contribution in [0.15, 0.2) is 36.7 Å². The minimum Gasteiger partial charge on any atom is -0.491 e. The summed E-state index contributed by atoms with van der Waals surface area (Å²) in [5, 5.41) is 4.10. The van der Waals surface area contributed by atoms with Crippen molar-refractivity contribution in [3.05, 3.63) is 48.0 Å². The third kappa shape index (κ3) is 2.66. The summed E-state index contributed by atoms with van der Waals surface area (Å²) in [6, 6.07) is 6.38. The first-order valence-electron chi connectivity index (χ1n) is 8.31. The van der Waals surface area contributed by atoms with Gasteiger partial charge in [-0.15, -0.1) is 0 Å². The molecule has 0 spiro atoms. The largest absolute Gasteiger partial charge is 0.491 e. The van der Waals surface area contributed by atoms with Gasteiger partial charge in [0.05, 0.1) is 17.8 Å². The van der Waals surface area contributed by atoms with Crippen LogP contribution in [0.5, 0.6) is 5.75 Å². The smallest absolute Gasteiger partial charge is 0.257 e. The van der Waals surface area contributed by atoms with E-state index in [0.29, 0.717) is 29.9 Å². The number of hydrogen-bond acceptors (Lipinski definition) is 3. The van der Waals surface area contributed by atoms with E-state index in [1.807, 2.05) is 11.9 Å². The summed E-state index contributed by atoms with van der Waals surface area (Å²) >= 11 is 0. The molecule has 2 bridgehead atoms. The molecule has 5 nitrogen and oxygen atoms in total. The van der Waals surface area contributed by atoms with Crippen molar-refractivity contribution >= 4 is 5.91 Å². The predicted molar refractivity (Wildman–Crippen MR) is 86.2 cm³/mol. The molecular formula is C18H20FN3O2. The number of hydrogen-bond donors (Lipinski definition) is 0. The highest BCUT2D eigenvalue weighted by molar-refractivity contribution is 5.94. The summed E-state index contributed by atoms with van der Waals surface area (Å²) in [6.45, 7) is 0.443. The Balaban J connectivity index is 1.50. The molecule has 2 aliphatic rings. The van der Waals surface area contributed by atoms with Crippen molar-refractivity contribution in [2.24, 2.45) is 13.0 Å². The van der Waals surface area contributed by atoms with Gasteiger partial charge in [0.2, 0.25) is 0 Å². The van der Waals surface area contributed by atoms with Gasteiger partial charge in [0.15, 0.2) is 0 Å². The third-order valence-corrected chi connectivity index (χ3v) is 5.16. The Morgan fingerprint density at radius 2 is 2.12 bits per heavy atom. The van der Waals surface area contributed by atoms with Crippen LogP contribution in [0.2, 0.25) is 0 Å². The van der Waals surface area contributed by atoms with Gasteiger partial charge >= 0.3 is 0 Å². The average Bonchev–Trinajstić information content (AvgIpc) is 3.29. The summed E-state index contributed by atoms with van der Waals surface area (Å²) in [7, 11) is 1.81. The molecule has 1 aromatic carbocycles. The predicted octanol–water partition coefficient (Wildman–Crippen LogP) is 2.63. The Labute approximate surface area is 140 Å². The maximum absolute atomic E-state index is 13.0. The molecule has 6 heteroatoms. The number of halogens is 1. The van der Waals surface area contributed by atoms with E-state index in [0.717, 1.165) is 19.3 Å². The summed E-state index contributed by atoms with van der Waals surface area (Å²) in [5.41, 5.74) is 0.622. The second-order valence-electron chi connectivity index (χ2n) is 6.67. The third-order valence-electron chi connectivity index (χ3n) is 5.16. The minimum atomic E-state index is -0.282. The molecule has 1 aromatic heterocycles. The maximum Gasteiger partial charge on any atom is 0.257 e. The number of nitrogens with zero attached hydrogens (tertiary/aromatic N) is 3. The molecule has 4 rings (SSSR count). The van der Waals surface area contributed by atoms with E-state index in [-0.39, 0.29) is 17.8 Å². The number of carbonyl (C=O) groups is 1. The Morgan fingerprint density at radius 3 is 2.83 bits per heavy atom. The van der Waals surface area contributed by atoms with Crippen LogP contribution in [-0.2, 0) is 7.05 Å². The average molecular weight is 329 g/mol. The molecule has 3 atom stereocenters. The van der Waals surface area contributed by atoms with Crippen LogP contribution in [0.3, 0.4) is 0 Å². The normalized spacial score (nSPS) is 25.2. The van der Waals surface area contributed by atoms with Crippen molar-refractivity contribution in [1.29, 1.82) is 0 Å². The standard InChI is InChI=1S/C18H20FN3O2/c1-21-10-13(9-20-21)18(23)22-15-5-2-12(8-15)17(22)11-24-16-6-3-14(19)4-7-16/h3-4,6-7,9-10,12,15,17H,2,5,8,11H2,1H3/t12?,15?,17-/m1/s1. The fraction of sp³-hybridized carbons (Fsp3) is 0.444. The lowest BCUT2D eigenvalue weighted by Gasteiger charge is -2.35. The number of amides is 1. The molecule has 1 amide bonds. The zero-order valence-corrected chi connectivity index (χ0v) is 13.6. The van der Waals surface area contributed by atoms with Gasteiger partial charge in [0, 0.05) is 19.3 Å². The zero-order chi connectivity index (χ0) is 16.7. The van der Waals surface area contributed by atoms with Crippen molar-refractivity contribution < 1.29 is 13.9 Å². The summed E-state index contributed by atoms with van der Waals surface area (Å²) in [6.07, 6.45) is 6.62. The number of ether oxygens (including phenoxy) is 1. The first-order chi connectivity index (χ1) is 11.6. The first-order valence-corrected chi connectivity index (χ1v) is 8.31. The van der Waals surface area contributed by atoms with Gasteiger partial charge in [-0.05, 0) is 49.4 Å². The molecule has 0 N–H and O–H groups in total. The highest BCUT2D eigenvalue weighted by atomic mass is 19.1. The van der Waals surface area contributed by atoms with E-state index in [1.54, 1.807) is 29.2 Å². The van der Waals surface area contributed by atoms with E-state index in [4.69, 9.17) is 4.74 Å². The minimum absolute atomic E-state index is 0.0306. The number of rotatable bonds is 4. The Bertz CT molecular complexity index is 743. The fourth-order valence-electron chi connectivity index (χ4n) is 4.02. The quantitative estimate of drug-likeness (QED) is 0.866. The van der Waals surface area contributed by atoms with Gasteiger partial charge in [-0.1, -0.05) is 0 Å². The van der Waals surface area contributed by atoms with E-state index >= 15 is 0 Å². The number of fused-ring (bicyclic) bond motifs is 2. The zero-order valence-electron chi connectivity index (χ0n) is 13.6. The van der Waals surface area contributed by atoms with Crippen molar-refractivity contribution in [3.63, 3.8) is 0 Å². The van der Waals surface area contributed by atoms with E-state index in [1.165, 1.54) is 12.1 Å². The highest BCUT2D eigenvalue weighted by Crippen LogP contribution is 2.43. The Kier molecular flexibility index (Phi) is 3.75. The molecule has 0 radical (unpaired) electrons. The molecule has 2 aromatic rings. The van der Waals surface area contributed by atoms with Gasteiger partial charge in [0.25, 0.3) is 5.91 Å². The van der Waals surface area contributed by atoms with Gasteiger partial charge in [-0.3, -0.25) is 9.48 Å². The lowest BCUT2D eigenvalue weighted by Crippen LogP contribution is -2.47. The molecule has 24 heavy (non-hydrogen) atoms. The van der Waals surface area contributed by atoms with Crippen LogP contribution >= 0.6 is 0 Å². The number of aryl methyl sites for hydroxylation is 1. The van der Waals surface area contributed by atoms with Crippen LogP contribution in [0, 0.1) is 11.7 Å². The van der Waals surface area contributed by atoms with E-state index in [9.17, 15) is 9.18 Å². The Morgan fingerprint density at radius 1 is 1.33 bits per heavy atom. The summed E-state index contributed by atoms with van der Waals surface area (Å²) < 4.78 is 20.5. The lowest BCUT2D eigenvalue weighted by atomic mass is 9.99. The van der Waals surface area contributed by atoms with Gasteiger partial charge in [0.1, 0.15) is 18.2 Å². The highest BCUT2D eigenvalue weighted by Gasteiger charge is 2.48. The molecule has 1 aliphatic carbocycles. The number of piperidine rings is 1. The van der Waals surface area contributed by atoms with Crippen molar-refractivity contribution in [3.8, 4) is 5.75 Å². The monoisotopic (exact) mass is 329 g/mol. The molecule has 126 valence electrons. The van der Waals surface area contributed by atoms with Crippen LogP contribution < -0.4 is 4.74 Å². The van der Waals surface area contributed by atoms with E-state index in [2.05, 4.69) is 5.10 Å². The molecule has 1 saturated heterocycles. The van der Waals surface area contributed by atoms with Crippen LogP contribution in [-0.4, -0.2) is 39.3 Å². The van der Waals surface area contributed by atoms with Crippen molar-refractivity contribution in [1.82, 2.24) is 14.7 Å². The second-order valence-corrected chi connectivity index (χ2v) is 6.67. The maximum atomic E-state index is 13.0. The lowest BCUT2D eigenvalue weighted by molar-refractivity contribution is 0.0505. The van der Waals surface area contributed by atoms with Gasteiger partial charge in [-0.2, -0.15) is 5.10 Å². The SMILES string of the molecule is Cn1cc(C(=O)N2C3CCC(C3)[C@H]2COc2ccc(F)cc2)cn1.